The molecule has 1 aliphatic heterocycles. The Morgan fingerprint density at radius 1 is 1.04 bits per heavy atom. The molecule has 1 fully saturated rings. The second kappa shape index (κ2) is 8.32. The normalized spacial score (nSPS) is 15.0. The number of aryl methyl sites for hydroxylation is 1. The second-order valence-electron chi connectivity index (χ2n) is 6.36. The number of nitrogens with zero attached hydrogens (tertiary/aromatic N) is 2. The number of methoxy groups -OCH3 is 1. The third kappa shape index (κ3) is 4.71. The van der Waals surface area contributed by atoms with Crippen molar-refractivity contribution in [3.05, 3.63) is 59.7 Å². The molecule has 1 heterocycles. The Morgan fingerprint density at radius 2 is 1.72 bits per heavy atom. The van der Waals surface area contributed by atoms with E-state index in [0.717, 1.165) is 49.3 Å². The monoisotopic (exact) mass is 355 g/mol. The molecule has 0 atom stereocenters. The molecule has 1 N–H and O–H groups in total. The Hall–Kier alpha value is -2.11. The number of ether oxygens (including phenoxy) is 1. The van der Waals surface area contributed by atoms with Gasteiger partial charge in [0.25, 0.3) is 0 Å². The summed E-state index contributed by atoms with van der Waals surface area (Å²) in [6, 6.07) is 16.6. The summed E-state index contributed by atoms with van der Waals surface area (Å²) in [7, 11) is 1.70. The van der Waals surface area contributed by atoms with Crippen LogP contribution in [0.5, 0.6) is 5.75 Å². The van der Waals surface area contributed by atoms with Crippen molar-refractivity contribution in [1.29, 1.82) is 0 Å². The van der Waals surface area contributed by atoms with E-state index in [1.165, 1.54) is 11.1 Å². The van der Waals surface area contributed by atoms with Gasteiger partial charge in [0.2, 0.25) is 0 Å². The molecule has 1 aliphatic rings. The molecule has 0 aliphatic carbocycles. The van der Waals surface area contributed by atoms with Crippen LogP contribution in [0.1, 0.15) is 11.1 Å². The van der Waals surface area contributed by atoms with E-state index in [1.807, 2.05) is 24.3 Å². The molecule has 0 aromatic heterocycles. The van der Waals surface area contributed by atoms with Crippen LogP contribution in [0.4, 0.5) is 5.69 Å². The Kier molecular flexibility index (Phi) is 5.89. The lowest BCUT2D eigenvalue weighted by atomic mass is 10.2. The summed E-state index contributed by atoms with van der Waals surface area (Å²) in [6.45, 7) is 7.00. The molecule has 0 amide bonds. The van der Waals surface area contributed by atoms with Crippen molar-refractivity contribution in [2.45, 2.75) is 13.5 Å². The quantitative estimate of drug-likeness (QED) is 0.847. The minimum atomic E-state index is 0.818. The Bertz CT molecular complexity index is 709. The molecule has 5 heteroatoms. The number of piperazine rings is 1. The van der Waals surface area contributed by atoms with Crippen LogP contribution in [0.15, 0.2) is 48.5 Å². The van der Waals surface area contributed by atoms with Gasteiger partial charge in [-0.15, -0.1) is 0 Å². The van der Waals surface area contributed by atoms with Gasteiger partial charge in [-0.1, -0.05) is 30.3 Å². The van der Waals surface area contributed by atoms with Gasteiger partial charge in [0.15, 0.2) is 5.11 Å². The molecular formula is C20H25N3OS. The van der Waals surface area contributed by atoms with E-state index >= 15 is 0 Å². The Balaban J connectivity index is 1.49. The number of hydrogen-bond acceptors (Lipinski definition) is 3. The Labute approximate surface area is 155 Å². The molecular weight excluding hydrogens is 330 g/mol. The summed E-state index contributed by atoms with van der Waals surface area (Å²) in [5.41, 5.74) is 3.62. The van der Waals surface area contributed by atoms with Gasteiger partial charge in [-0.2, -0.15) is 0 Å². The van der Waals surface area contributed by atoms with Crippen LogP contribution in [-0.4, -0.2) is 48.2 Å². The highest BCUT2D eigenvalue weighted by Crippen LogP contribution is 2.16. The highest BCUT2D eigenvalue weighted by molar-refractivity contribution is 7.80. The molecule has 0 spiro atoms. The van der Waals surface area contributed by atoms with E-state index in [0.29, 0.717) is 0 Å². The first-order valence-corrected chi connectivity index (χ1v) is 9.03. The van der Waals surface area contributed by atoms with Crippen molar-refractivity contribution >= 4 is 23.0 Å². The molecule has 0 bridgehead atoms. The maximum absolute atomic E-state index is 5.59. The number of rotatable bonds is 4. The van der Waals surface area contributed by atoms with Gasteiger partial charge >= 0.3 is 0 Å². The lowest BCUT2D eigenvalue weighted by Crippen LogP contribution is -2.49. The summed E-state index contributed by atoms with van der Waals surface area (Å²) >= 11 is 5.59. The highest BCUT2D eigenvalue weighted by Gasteiger charge is 2.19. The van der Waals surface area contributed by atoms with E-state index in [-0.39, 0.29) is 0 Å². The molecule has 1 saturated heterocycles. The van der Waals surface area contributed by atoms with Crippen molar-refractivity contribution in [2.24, 2.45) is 0 Å². The summed E-state index contributed by atoms with van der Waals surface area (Å²) in [5.74, 6) is 0.904. The summed E-state index contributed by atoms with van der Waals surface area (Å²) < 4.78 is 5.22. The topological polar surface area (TPSA) is 27.7 Å². The van der Waals surface area contributed by atoms with Gasteiger partial charge in [-0.05, 0) is 48.5 Å². The van der Waals surface area contributed by atoms with Crippen LogP contribution in [-0.2, 0) is 6.54 Å². The molecule has 3 rings (SSSR count). The van der Waals surface area contributed by atoms with Gasteiger partial charge in [0, 0.05) is 38.4 Å². The fourth-order valence-corrected chi connectivity index (χ4v) is 3.30. The molecule has 25 heavy (non-hydrogen) atoms. The van der Waals surface area contributed by atoms with Crippen LogP contribution in [0, 0.1) is 6.92 Å². The maximum Gasteiger partial charge on any atom is 0.173 e. The van der Waals surface area contributed by atoms with E-state index in [2.05, 4.69) is 46.3 Å². The SMILES string of the molecule is COc1ccc(CN2CCN(C(=S)Nc3ccccc3C)CC2)cc1. The van der Waals surface area contributed by atoms with Crippen molar-refractivity contribution in [3.63, 3.8) is 0 Å². The maximum atomic E-state index is 5.59. The van der Waals surface area contributed by atoms with Crippen molar-refractivity contribution in [1.82, 2.24) is 9.80 Å². The fourth-order valence-electron chi connectivity index (χ4n) is 3.01. The minimum Gasteiger partial charge on any atom is -0.497 e. The number of thiocarbonyl (C=S) groups is 1. The van der Waals surface area contributed by atoms with Crippen molar-refractivity contribution in [2.75, 3.05) is 38.6 Å². The van der Waals surface area contributed by atoms with Crippen molar-refractivity contribution in [3.8, 4) is 5.75 Å². The average molecular weight is 356 g/mol. The largest absolute Gasteiger partial charge is 0.497 e. The lowest BCUT2D eigenvalue weighted by molar-refractivity contribution is 0.177. The molecule has 0 unspecified atom stereocenters. The first kappa shape index (κ1) is 17.7. The first-order valence-electron chi connectivity index (χ1n) is 8.62. The third-order valence-corrected chi connectivity index (χ3v) is 4.97. The second-order valence-corrected chi connectivity index (χ2v) is 6.74. The van der Waals surface area contributed by atoms with E-state index in [9.17, 15) is 0 Å². The summed E-state index contributed by atoms with van der Waals surface area (Å²) in [6.07, 6.45) is 0. The Morgan fingerprint density at radius 3 is 2.36 bits per heavy atom. The third-order valence-electron chi connectivity index (χ3n) is 4.61. The smallest absolute Gasteiger partial charge is 0.173 e. The molecule has 4 nitrogen and oxygen atoms in total. The molecule has 132 valence electrons. The number of para-hydroxylation sites is 1. The van der Waals surface area contributed by atoms with E-state index < -0.39 is 0 Å². The van der Waals surface area contributed by atoms with Crippen LogP contribution < -0.4 is 10.1 Å². The van der Waals surface area contributed by atoms with Gasteiger partial charge < -0.3 is 15.0 Å². The molecule has 0 radical (unpaired) electrons. The molecule has 0 saturated carbocycles. The zero-order chi connectivity index (χ0) is 17.6. The van der Waals surface area contributed by atoms with E-state index in [4.69, 9.17) is 17.0 Å². The van der Waals surface area contributed by atoms with E-state index in [1.54, 1.807) is 7.11 Å². The zero-order valence-electron chi connectivity index (χ0n) is 14.9. The predicted molar refractivity (Wildman–Crippen MR) is 107 cm³/mol. The van der Waals surface area contributed by atoms with Crippen LogP contribution >= 0.6 is 12.2 Å². The first-order chi connectivity index (χ1) is 12.2. The number of anilines is 1. The minimum absolute atomic E-state index is 0.818. The standard InChI is InChI=1S/C20H25N3OS/c1-16-5-3-4-6-19(16)21-20(25)23-13-11-22(12-14-23)15-17-7-9-18(24-2)10-8-17/h3-10H,11-15H2,1-2H3,(H,21,25). The van der Waals surface area contributed by atoms with Gasteiger partial charge in [-0.3, -0.25) is 4.90 Å². The van der Waals surface area contributed by atoms with Gasteiger partial charge in [-0.25, -0.2) is 0 Å². The van der Waals surface area contributed by atoms with Gasteiger partial charge in [0.1, 0.15) is 5.75 Å². The summed E-state index contributed by atoms with van der Waals surface area (Å²) in [4.78, 5) is 4.72. The van der Waals surface area contributed by atoms with Gasteiger partial charge in [0.05, 0.1) is 7.11 Å². The van der Waals surface area contributed by atoms with Crippen molar-refractivity contribution < 1.29 is 4.74 Å². The zero-order valence-corrected chi connectivity index (χ0v) is 15.7. The molecule has 2 aromatic rings. The van der Waals surface area contributed by atoms with Crippen LogP contribution in [0.2, 0.25) is 0 Å². The number of hydrogen-bond donors (Lipinski definition) is 1. The highest BCUT2D eigenvalue weighted by atomic mass is 32.1. The fraction of sp³-hybridized carbons (Fsp3) is 0.350. The molecule has 2 aromatic carbocycles. The predicted octanol–water partition coefficient (Wildman–Crippen LogP) is 3.52. The van der Waals surface area contributed by atoms with Crippen LogP contribution in [0.25, 0.3) is 0 Å². The number of benzene rings is 2. The number of nitrogens with one attached hydrogen (secondary N) is 1. The lowest BCUT2D eigenvalue weighted by Gasteiger charge is -2.36. The van der Waals surface area contributed by atoms with Crippen LogP contribution in [0.3, 0.4) is 0 Å². The summed E-state index contributed by atoms with van der Waals surface area (Å²) in [5, 5.41) is 4.20. The average Bonchev–Trinajstić information content (AvgIpc) is 2.65.